The second-order valence-electron chi connectivity index (χ2n) is 7.42. The summed E-state index contributed by atoms with van der Waals surface area (Å²) in [6.45, 7) is 2.60. The summed E-state index contributed by atoms with van der Waals surface area (Å²) in [4.78, 5) is 12.6. The van der Waals surface area contributed by atoms with Crippen molar-refractivity contribution in [3.8, 4) is 11.5 Å². The molecule has 2 heterocycles. The molecule has 2 aliphatic rings. The second kappa shape index (κ2) is 8.60. The van der Waals surface area contributed by atoms with Gasteiger partial charge in [0, 0.05) is 19.1 Å². The van der Waals surface area contributed by atoms with Crippen LogP contribution in [0.15, 0.2) is 41.3 Å². The molecule has 2 aromatic carbocycles. The minimum absolute atomic E-state index is 0.0504. The molecule has 0 aromatic heterocycles. The first-order valence-electron chi connectivity index (χ1n) is 9.87. The van der Waals surface area contributed by atoms with E-state index in [1.807, 2.05) is 0 Å². The molecule has 2 bridgehead atoms. The van der Waals surface area contributed by atoms with Gasteiger partial charge in [-0.25, -0.2) is 22.2 Å². The topological polar surface area (TPSA) is 67.9 Å². The number of nitrogens with one attached hydrogen (secondary N) is 1. The number of esters is 1. The number of rotatable bonds is 6. The summed E-state index contributed by atoms with van der Waals surface area (Å²) in [7, 11) is -2.00. The Bertz CT molecular complexity index is 993. The third kappa shape index (κ3) is 3.95. The number of ether oxygens (including phenoxy) is 2. The van der Waals surface area contributed by atoms with Crippen LogP contribution >= 0.6 is 0 Å². The Kier molecular flexibility index (Phi) is 6.05. The average Bonchev–Trinajstić information content (AvgIpc) is 2.97. The summed E-state index contributed by atoms with van der Waals surface area (Å²) in [5.41, 5.74) is -1.15. The number of hydrogen-bond acceptors (Lipinski definition) is 5. The summed E-state index contributed by atoms with van der Waals surface area (Å²) in [6, 6.07) is 6.30. The number of hydrogen-bond donors (Lipinski definition) is 1. The van der Waals surface area contributed by atoms with Gasteiger partial charge in [0.1, 0.15) is 28.1 Å². The Balaban J connectivity index is 1.64. The summed E-state index contributed by atoms with van der Waals surface area (Å²) in [5, 5.41) is 3.15. The first-order valence-corrected chi connectivity index (χ1v) is 11.0. The van der Waals surface area contributed by atoms with Gasteiger partial charge in [0.15, 0.2) is 17.4 Å². The molecule has 3 atom stereocenters. The Morgan fingerprint density at radius 3 is 2.55 bits per heavy atom. The van der Waals surface area contributed by atoms with Gasteiger partial charge >= 0.3 is 5.97 Å². The number of halogens is 3. The van der Waals surface area contributed by atoms with Gasteiger partial charge in [-0.2, -0.15) is 4.31 Å². The fraction of sp³-hybridized carbons (Fsp3) is 0.381. The maximum absolute atomic E-state index is 14.7. The van der Waals surface area contributed by atoms with Crippen LogP contribution in [0.2, 0.25) is 0 Å². The van der Waals surface area contributed by atoms with Gasteiger partial charge in [-0.3, -0.25) is 0 Å². The number of piperazine rings is 1. The van der Waals surface area contributed by atoms with Gasteiger partial charge < -0.3 is 14.8 Å². The van der Waals surface area contributed by atoms with Gasteiger partial charge in [0.2, 0.25) is 0 Å². The molecular weight excluding hydrogens is 433 g/mol. The molecule has 31 heavy (non-hydrogen) atoms. The van der Waals surface area contributed by atoms with E-state index in [0.717, 1.165) is 24.3 Å². The molecule has 0 aliphatic carbocycles. The van der Waals surface area contributed by atoms with Crippen LogP contribution in [0.1, 0.15) is 19.8 Å². The zero-order chi connectivity index (χ0) is 22.2. The van der Waals surface area contributed by atoms with Gasteiger partial charge in [-0.05, 0) is 56.2 Å². The fourth-order valence-electron chi connectivity index (χ4n) is 4.07. The van der Waals surface area contributed by atoms with E-state index in [-0.39, 0.29) is 29.8 Å². The molecule has 0 amide bonds. The van der Waals surface area contributed by atoms with Crippen molar-refractivity contribution in [2.45, 2.75) is 36.2 Å². The van der Waals surface area contributed by atoms with Crippen LogP contribution in [0.4, 0.5) is 13.2 Å². The zero-order valence-corrected chi connectivity index (χ0v) is 17.5. The molecular formula is C21H21F3N2O4S. The van der Waals surface area contributed by atoms with E-state index >= 15 is 0 Å². The third-order valence-corrected chi connectivity index (χ3v) is 7.13. The quantitative estimate of drug-likeness (QED) is 0.679. The van der Waals surface area contributed by atoms with E-state index in [1.54, 1.807) is 6.92 Å². The van der Waals surface area contributed by atoms with Crippen LogP contribution in [-0.4, -0.2) is 45.8 Å². The molecule has 2 fully saturated rings. The number of fused-ring (bicyclic) bond motifs is 2. The number of carbonyl (C=O) groups excluding carboxylic acids is 1. The Morgan fingerprint density at radius 2 is 1.90 bits per heavy atom. The summed E-state index contributed by atoms with van der Waals surface area (Å²) in [6.07, 6.45) is 1.04. The lowest BCUT2D eigenvalue weighted by atomic mass is 9.98. The van der Waals surface area contributed by atoms with E-state index in [9.17, 15) is 22.2 Å². The van der Waals surface area contributed by atoms with E-state index in [2.05, 4.69) is 5.32 Å². The van der Waals surface area contributed by atoms with Crippen molar-refractivity contribution in [3.63, 3.8) is 0 Å². The summed E-state index contributed by atoms with van der Waals surface area (Å²) in [5.74, 6) is -3.76. The van der Waals surface area contributed by atoms with E-state index in [4.69, 9.17) is 9.47 Å². The molecule has 10 heteroatoms. The highest BCUT2D eigenvalue weighted by Crippen LogP contribution is 2.41. The van der Waals surface area contributed by atoms with Crippen molar-refractivity contribution < 1.29 is 31.6 Å². The molecule has 2 saturated heterocycles. The molecule has 3 unspecified atom stereocenters. The van der Waals surface area contributed by atoms with Crippen LogP contribution in [0, 0.1) is 17.5 Å². The molecule has 1 N–H and O–H groups in total. The molecule has 0 radical (unpaired) electrons. The van der Waals surface area contributed by atoms with Gasteiger partial charge in [-0.15, -0.1) is 0 Å². The van der Waals surface area contributed by atoms with Crippen LogP contribution in [0.25, 0.3) is 0 Å². The number of carbonyl (C=O) groups is 1. The minimum Gasteiger partial charge on any atom is -0.465 e. The van der Waals surface area contributed by atoms with E-state index in [1.165, 1.54) is 16.4 Å². The Labute approximate surface area is 179 Å². The second-order valence-corrected chi connectivity index (χ2v) is 8.79. The lowest BCUT2D eigenvalue weighted by Gasteiger charge is -2.41. The van der Waals surface area contributed by atoms with E-state index in [0.29, 0.717) is 19.4 Å². The van der Waals surface area contributed by atoms with Crippen LogP contribution < -0.4 is 10.1 Å². The predicted octanol–water partition coefficient (Wildman–Crippen LogP) is 3.29. The average molecular weight is 454 g/mol. The number of nitrogens with zero attached hydrogens (tertiary/aromatic N) is 1. The fourth-order valence-corrected chi connectivity index (χ4v) is 5.71. The molecule has 0 spiro atoms. The van der Waals surface area contributed by atoms with Crippen molar-refractivity contribution in [1.82, 2.24) is 9.62 Å². The normalized spacial score (nSPS) is 24.1. The molecule has 6 nitrogen and oxygen atoms in total. The monoisotopic (exact) mass is 454 g/mol. The molecule has 166 valence electrons. The van der Waals surface area contributed by atoms with Crippen LogP contribution in [-0.2, 0) is 20.5 Å². The smallest absolute Gasteiger partial charge is 0.328 e. The first kappa shape index (κ1) is 21.8. The lowest BCUT2D eigenvalue weighted by Crippen LogP contribution is -2.64. The number of benzene rings is 2. The Hall–Kier alpha value is -2.43. The molecule has 2 aromatic rings. The van der Waals surface area contributed by atoms with Crippen molar-refractivity contribution in [3.05, 3.63) is 53.8 Å². The predicted molar refractivity (Wildman–Crippen MR) is 106 cm³/mol. The molecule has 0 saturated carbocycles. The van der Waals surface area contributed by atoms with Crippen molar-refractivity contribution in [1.29, 1.82) is 0 Å². The summed E-state index contributed by atoms with van der Waals surface area (Å²) < 4.78 is 67.7. The first-order chi connectivity index (χ1) is 14.9. The molecule has 4 rings (SSSR count). The van der Waals surface area contributed by atoms with Crippen molar-refractivity contribution >= 4 is 17.0 Å². The molecule has 2 aliphatic heterocycles. The zero-order valence-electron chi connectivity index (χ0n) is 16.7. The Morgan fingerprint density at radius 1 is 1.23 bits per heavy atom. The van der Waals surface area contributed by atoms with E-state index < -0.39 is 45.7 Å². The maximum atomic E-state index is 14.7. The highest BCUT2D eigenvalue weighted by Gasteiger charge is 2.57. The highest BCUT2D eigenvalue weighted by molar-refractivity contribution is 7.82. The van der Waals surface area contributed by atoms with Crippen molar-refractivity contribution in [2.24, 2.45) is 0 Å². The third-order valence-electron chi connectivity index (χ3n) is 5.48. The van der Waals surface area contributed by atoms with Crippen molar-refractivity contribution in [2.75, 3.05) is 19.7 Å². The lowest BCUT2D eigenvalue weighted by molar-refractivity contribution is -0.154. The SMILES string of the molecule is CCOC(=O)C12CCC(CNC1)N2S(=O)c1cc(F)c(Oc2ccc(F)cc2)c(F)c1. The summed E-state index contributed by atoms with van der Waals surface area (Å²) >= 11 is 0. The minimum atomic E-state index is -2.00. The van der Waals surface area contributed by atoms with Gasteiger partial charge in [0.25, 0.3) is 0 Å². The van der Waals surface area contributed by atoms with Gasteiger partial charge in [0.05, 0.1) is 11.5 Å². The highest BCUT2D eigenvalue weighted by atomic mass is 32.2. The van der Waals surface area contributed by atoms with Crippen LogP contribution in [0.3, 0.4) is 0 Å². The van der Waals surface area contributed by atoms with Crippen LogP contribution in [0.5, 0.6) is 11.5 Å². The standard InChI is InChI=1S/C21H21F3N2O4S/c1-2-29-20(27)21-8-7-14(11-25-12-21)26(21)31(28)16-9-17(23)19(18(24)10-16)30-15-5-3-13(22)4-6-15/h3-6,9-10,14,25H,2,7-8,11-12H2,1H3. The largest absolute Gasteiger partial charge is 0.465 e. The maximum Gasteiger partial charge on any atom is 0.328 e. The van der Waals surface area contributed by atoms with Gasteiger partial charge in [-0.1, -0.05) is 0 Å².